The Morgan fingerprint density at radius 1 is 1.21 bits per heavy atom. The van der Waals surface area contributed by atoms with Gasteiger partial charge in [0.2, 0.25) is 0 Å². The normalized spacial score (nSPS) is 13.1. The zero-order valence-corrected chi connectivity index (χ0v) is 10.9. The van der Waals surface area contributed by atoms with Crippen LogP contribution in [0.3, 0.4) is 0 Å². The number of aromatic nitrogens is 3. The molecule has 3 aromatic heterocycles. The van der Waals surface area contributed by atoms with Gasteiger partial charge in [-0.25, -0.2) is 4.57 Å². The molecule has 0 atom stereocenters. The minimum Gasteiger partial charge on any atom is -0.260 e. The van der Waals surface area contributed by atoms with Crippen molar-refractivity contribution in [2.24, 2.45) is 0 Å². The summed E-state index contributed by atoms with van der Waals surface area (Å²) in [6, 6.07) is 10.7. The molecule has 0 fully saturated rings. The summed E-state index contributed by atoms with van der Waals surface area (Å²) in [5.74, 6) is 0. The molecule has 1 aliphatic rings. The summed E-state index contributed by atoms with van der Waals surface area (Å²) >= 11 is 1.83. The van der Waals surface area contributed by atoms with E-state index in [0.717, 1.165) is 6.54 Å². The van der Waals surface area contributed by atoms with E-state index in [4.69, 9.17) is 0 Å². The van der Waals surface area contributed by atoms with Crippen LogP contribution in [0.4, 0.5) is 0 Å². The average Bonchev–Trinajstić information content (AvgIpc) is 3.07. The Morgan fingerprint density at radius 2 is 2.16 bits per heavy atom. The first-order valence-corrected chi connectivity index (χ1v) is 7.09. The van der Waals surface area contributed by atoms with Crippen LogP contribution in [0.2, 0.25) is 0 Å². The number of nitrogens with zero attached hydrogens (tertiary/aromatic N) is 3. The number of pyridine rings is 1. The Morgan fingerprint density at radius 3 is 3.16 bits per heavy atom. The lowest BCUT2D eigenvalue weighted by molar-refractivity contribution is -0.476. The third-order valence-electron chi connectivity index (χ3n) is 3.82. The number of thiazole rings is 1. The van der Waals surface area contributed by atoms with Gasteiger partial charge in [0.05, 0.1) is 10.9 Å². The summed E-state index contributed by atoms with van der Waals surface area (Å²) in [7, 11) is 0. The van der Waals surface area contributed by atoms with Gasteiger partial charge in [-0.15, -0.1) is 0 Å². The second-order valence-electron chi connectivity index (χ2n) is 4.86. The molecule has 3 nitrogen and oxygen atoms in total. The molecule has 0 spiro atoms. The van der Waals surface area contributed by atoms with Crippen molar-refractivity contribution >= 4 is 26.5 Å². The topological polar surface area (TPSA) is 21.9 Å². The van der Waals surface area contributed by atoms with Gasteiger partial charge < -0.3 is 0 Å². The Labute approximate surface area is 113 Å². The first kappa shape index (κ1) is 9.69. The van der Waals surface area contributed by atoms with Crippen molar-refractivity contribution < 1.29 is 4.40 Å². The molecule has 1 aromatic carbocycles. The number of imidazole rings is 1. The summed E-state index contributed by atoms with van der Waals surface area (Å²) in [6.45, 7) is 0.974. The van der Waals surface area contributed by atoms with E-state index in [1.807, 2.05) is 23.7 Å². The average molecular weight is 264 g/mol. The Kier molecular flexibility index (Phi) is 1.64. The van der Waals surface area contributed by atoms with Crippen molar-refractivity contribution in [1.29, 1.82) is 0 Å². The third kappa shape index (κ3) is 1.12. The van der Waals surface area contributed by atoms with E-state index in [1.165, 1.54) is 32.0 Å². The molecule has 0 unspecified atom stereocenters. The van der Waals surface area contributed by atoms with Crippen molar-refractivity contribution in [3.8, 4) is 11.3 Å². The van der Waals surface area contributed by atoms with Gasteiger partial charge in [0, 0.05) is 17.3 Å². The van der Waals surface area contributed by atoms with Crippen molar-refractivity contribution in [1.82, 2.24) is 9.55 Å². The van der Waals surface area contributed by atoms with E-state index >= 15 is 0 Å². The highest BCUT2D eigenvalue weighted by atomic mass is 32.1. The van der Waals surface area contributed by atoms with Crippen molar-refractivity contribution in [3.05, 3.63) is 54.5 Å². The predicted octanol–water partition coefficient (Wildman–Crippen LogP) is 2.87. The van der Waals surface area contributed by atoms with Gasteiger partial charge in [0.25, 0.3) is 0 Å². The van der Waals surface area contributed by atoms with Crippen LogP contribution in [-0.2, 0) is 6.54 Å². The number of rotatable bonds is 0. The lowest BCUT2D eigenvalue weighted by Crippen LogP contribution is -2.16. The van der Waals surface area contributed by atoms with E-state index in [1.54, 1.807) is 0 Å². The van der Waals surface area contributed by atoms with Gasteiger partial charge >= 0.3 is 4.96 Å². The Bertz CT molecular complexity index is 949. The van der Waals surface area contributed by atoms with Gasteiger partial charge in [0.1, 0.15) is 12.7 Å². The fraction of sp³-hybridized carbons (Fsp3) is 0.0667. The van der Waals surface area contributed by atoms with Gasteiger partial charge in [-0.2, -0.15) is 4.40 Å². The van der Waals surface area contributed by atoms with Crippen LogP contribution in [0, 0.1) is 0 Å². The largest absolute Gasteiger partial charge is 0.347 e. The van der Waals surface area contributed by atoms with Crippen LogP contribution < -0.4 is 4.40 Å². The highest BCUT2D eigenvalue weighted by Gasteiger charge is 2.30. The van der Waals surface area contributed by atoms with Crippen LogP contribution in [0.15, 0.2) is 48.9 Å². The lowest BCUT2D eigenvalue weighted by atomic mass is 10.1. The summed E-state index contributed by atoms with van der Waals surface area (Å²) in [5.41, 5.74) is 5.28. The third-order valence-corrected chi connectivity index (χ3v) is 4.99. The molecule has 0 radical (unpaired) electrons. The monoisotopic (exact) mass is 264 g/mol. The van der Waals surface area contributed by atoms with Crippen LogP contribution in [0.5, 0.6) is 0 Å². The molecule has 4 heteroatoms. The van der Waals surface area contributed by atoms with Crippen molar-refractivity contribution in [2.45, 2.75) is 6.54 Å². The molecule has 0 amide bonds. The second-order valence-corrected chi connectivity index (χ2v) is 5.86. The molecule has 19 heavy (non-hydrogen) atoms. The molecule has 90 valence electrons. The fourth-order valence-corrected chi connectivity index (χ4v) is 4.05. The van der Waals surface area contributed by atoms with Crippen LogP contribution in [0.1, 0.15) is 5.56 Å². The van der Waals surface area contributed by atoms with E-state index < -0.39 is 0 Å². The maximum Gasteiger partial charge on any atom is 0.347 e. The highest BCUT2D eigenvalue weighted by molar-refractivity contribution is 7.23. The number of fused-ring (bicyclic) bond motifs is 7. The summed E-state index contributed by atoms with van der Waals surface area (Å²) in [6.07, 6.45) is 6.04. The van der Waals surface area contributed by atoms with Gasteiger partial charge in [-0.05, 0) is 17.4 Å². The predicted molar refractivity (Wildman–Crippen MR) is 75.3 cm³/mol. The Hall–Kier alpha value is -2.20. The molecule has 4 aromatic rings. The lowest BCUT2D eigenvalue weighted by Gasteiger charge is -1.92. The van der Waals surface area contributed by atoms with Crippen LogP contribution in [0.25, 0.3) is 26.4 Å². The molecule has 4 heterocycles. The summed E-state index contributed by atoms with van der Waals surface area (Å²) in [4.78, 5) is 5.53. The van der Waals surface area contributed by atoms with E-state index in [-0.39, 0.29) is 0 Å². The molecule has 0 aliphatic carbocycles. The molecule has 0 N–H and O–H groups in total. The summed E-state index contributed by atoms with van der Waals surface area (Å²) in [5, 5.41) is 0. The highest BCUT2D eigenvalue weighted by Crippen LogP contribution is 2.34. The molecular weight excluding hydrogens is 254 g/mol. The zero-order valence-electron chi connectivity index (χ0n) is 10.1. The zero-order chi connectivity index (χ0) is 12.4. The molecule has 0 bridgehead atoms. The van der Waals surface area contributed by atoms with Crippen molar-refractivity contribution in [3.63, 3.8) is 0 Å². The number of benzene rings is 1. The second kappa shape index (κ2) is 3.22. The van der Waals surface area contributed by atoms with Crippen LogP contribution >= 0.6 is 11.3 Å². The maximum absolute atomic E-state index is 4.24. The van der Waals surface area contributed by atoms with E-state index in [2.05, 4.69) is 50.5 Å². The van der Waals surface area contributed by atoms with Gasteiger partial charge in [-0.1, -0.05) is 24.3 Å². The first-order chi connectivity index (χ1) is 9.42. The summed E-state index contributed by atoms with van der Waals surface area (Å²) < 4.78 is 5.95. The van der Waals surface area contributed by atoms with Crippen LogP contribution in [-0.4, -0.2) is 9.55 Å². The van der Waals surface area contributed by atoms with Gasteiger partial charge in [0.15, 0.2) is 11.2 Å². The van der Waals surface area contributed by atoms with Crippen molar-refractivity contribution in [2.75, 3.05) is 0 Å². The molecule has 0 saturated carbocycles. The van der Waals surface area contributed by atoms with E-state index in [9.17, 15) is 0 Å². The maximum atomic E-state index is 4.24. The van der Waals surface area contributed by atoms with Gasteiger partial charge in [-0.3, -0.25) is 4.98 Å². The van der Waals surface area contributed by atoms with E-state index in [0.29, 0.717) is 0 Å². The molecule has 1 aliphatic heterocycles. The number of hydrogen-bond donors (Lipinski definition) is 0. The Balaban J connectivity index is 1.93. The SMILES string of the molecule is c1ccc2c(c1)Cn1c-2c[n+]2c3cnccc3sc12. The smallest absolute Gasteiger partial charge is 0.260 e. The quantitative estimate of drug-likeness (QED) is 0.394. The minimum absolute atomic E-state index is 0.974. The number of hydrogen-bond acceptors (Lipinski definition) is 2. The fourth-order valence-electron chi connectivity index (χ4n) is 2.94. The molecule has 5 rings (SSSR count). The minimum atomic E-state index is 0.974. The first-order valence-electron chi connectivity index (χ1n) is 6.27. The molecular formula is C15H10N3S+. The molecule has 0 saturated heterocycles. The standard InChI is InChI=1S/C15H10N3S/c1-2-4-11-10(3-1)8-17-13(11)9-18-12-7-16-6-5-14(12)19-15(17)18/h1-7,9H,8H2/q+1.